The molecule has 0 radical (unpaired) electrons. The van der Waals surface area contributed by atoms with Gasteiger partial charge in [-0.1, -0.05) is 17.8 Å². The summed E-state index contributed by atoms with van der Waals surface area (Å²) in [7, 11) is 0. The molecule has 106 valence electrons. The summed E-state index contributed by atoms with van der Waals surface area (Å²) in [5.74, 6) is 0.756. The number of thioether (sulfide) groups is 1. The molecular formula is C13H15N3O3S. The monoisotopic (exact) mass is 293 g/mol. The molecule has 3 heterocycles. The highest BCUT2D eigenvalue weighted by atomic mass is 32.2. The smallest absolute Gasteiger partial charge is 0.350 e. The molecule has 0 aliphatic carbocycles. The highest BCUT2D eigenvalue weighted by Crippen LogP contribution is 2.17. The number of ether oxygens (including phenoxy) is 2. The predicted molar refractivity (Wildman–Crippen MR) is 75.0 cm³/mol. The molecule has 1 saturated heterocycles. The van der Waals surface area contributed by atoms with Crippen LogP contribution >= 0.6 is 11.8 Å². The lowest BCUT2D eigenvalue weighted by Crippen LogP contribution is -2.19. The maximum absolute atomic E-state index is 11.9. The quantitative estimate of drug-likeness (QED) is 0.791. The van der Waals surface area contributed by atoms with Crippen molar-refractivity contribution in [3.05, 3.63) is 34.4 Å². The van der Waals surface area contributed by atoms with E-state index in [0.717, 1.165) is 17.7 Å². The van der Waals surface area contributed by atoms with Crippen molar-refractivity contribution in [2.45, 2.75) is 24.8 Å². The molecule has 7 heteroatoms. The molecule has 1 aliphatic heterocycles. The molecule has 0 spiro atoms. The van der Waals surface area contributed by atoms with Crippen molar-refractivity contribution in [3.8, 4) is 0 Å². The Labute approximate surface area is 120 Å². The van der Waals surface area contributed by atoms with Crippen molar-refractivity contribution in [2.24, 2.45) is 0 Å². The van der Waals surface area contributed by atoms with E-state index in [9.17, 15) is 4.79 Å². The summed E-state index contributed by atoms with van der Waals surface area (Å²) in [6, 6.07) is 3.74. The number of hydrogen-bond acceptors (Lipinski definition) is 6. The zero-order chi connectivity index (χ0) is 13.9. The van der Waals surface area contributed by atoms with Gasteiger partial charge in [-0.3, -0.25) is 4.40 Å². The van der Waals surface area contributed by atoms with Gasteiger partial charge >= 0.3 is 5.69 Å². The third kappa shape index (κ3) is 2.84. The standard InChI is InChI=1S/C13H15N3O3S/c1-9-3-2-5-16-11(9)14-12(15-13(16)17)20-8-4-10-18-6-7-19-10/h2-3,5,10H,4,6-8H2,1H3. The Balaban J connectivity index is 1.74. The number of fused-ring (bicyclic) bond motifs is 1. The first kappa shape index (κ1) is 13.5. The van der Waals surface area contributed by atoms with Gasteiger partial charge in [0.1, 0.15) is 5.65 Å². The fourth-order valence-corrected chi connectivity index (χ4v) is 2.83. The molecule has 0 amide bonds. The van der Waals surface area contributed by atoms with Crippen LogP contribution in [-0.2, 0) is 9.47 Å². The maximum atomic E-state index is 11.9. The van der Waals surface area contributed by atoms with Crippen molar-refractivity contribution < 1.29 is 9.47 Å². The number of aryl methyl sites for hydroxylation is 1. The van der Waals surface area contributed by atoms with Crippen LogP contribution in [0.15, 0.2) is 28.3 Å². The number of pyridine rings is 1. The lowest BCUT2D eigenvalue weighted by atomic mass is 10.3. The van der Waals surface area contributed by atoms with Crippen molar-refractivity contribution in [3.63, 3.8) is 0 Å². The number of rotatable bonds is 4. The third-order valence-electron chi connectivity index (χ3n) is 3.04. The first-order valence-electron chi connectivity index (χ1n) is 6.46. The van der Waals surface area contributed by atoms with Crippen molar-refractivity contribution in [2.75, 3.05) is 19.0 Å². The molecule has 20 heavy (non-hydrogen) atoms. The lowest BCUT2D eigenvalue weighted by molar-refractivity contribution is -0.0421. The second-order valence-electron chi connectivity index (χ2n) is 4.48. The van der Waals surface area contributed by atoms with Gasteiger partial charge in [-0.2, -0.15) is 4.98 Å². The van der Waals surface area contributed by atoms with E-state index in [2.05, 4.69) is 9.97 Å². The fraction of sp³-hybridized carbons (Fsp3) is 0.462. The zero-order valence-corrected chi connectivity index (χ0v) is 11.9. The van der Waals surface area contributed by atoms with Crippen molar-refractivity contribution in [1.82, 2.24) is 14.4 Å². The molecule has 1 aliphatic rings. The fourth-order valence-electron chi connectivity index (χ4n) is 2.04. The molecular weight excluding hydrogens is 278 g/mol. The van der Waals surface area contributed by atoms with Gasteiger partial charge in [-0.05, 0) is 18.6 Å². The average molecular weight is 293 g/mol. The Morgan fingerprint density at radius 3 is 3.00 bits per heavy atom. The largest absolute Gasteiger partial charge is 0.355 e. The van der Waals surface area contributed by atoms with Gasteiger partial charge in [0.05, 0.1) is 13.2 Å². The van der Waals surface area contributed by atoms with Crippen molar-refractivity contribution in [1.29, 1.82) is 0 Å². The van der Waals surface area contributed by atoms with Gasteiger partial charge in [0.2, 0.25) is 0 Å². The lowest BCUT2D eigenvalue weighted by Gasteiger charge is -2.08. The third-order valence-corrected chi connectivity index (χ3v) is 3.92. The molecule has 2 aromatic heterocycles. The molecule has 0 aromatic carbocycles. The first-order valence-corrected chi connectivity index (χ1v) is 7.44. The summed E-state index contributed by atoms with van der Waals surface area (Å²) in [5.41, 5.74) is 1.31. The molecule has 0 N–H and O–H groups in total. The second-order valence-corrected chi connectivity index (χ2v) is 5.54. The van der Waals surface area contributed by atoms with E-state index in [1.165, 1.54) is 16.2 Å². The molecule has 1 fully saturated rings. The molecule has 2 aromatic rings. The van der Waals surface area contributed by atoms with Gasteiger partial charge in [-0.15, -0.1) is 0 Å². The van der Waals surface area contributed by atoms with Crippen LogP contribution in [0.4, 0.5) is 0 Å². The van der Waals surface area contributed by atoms with E-state index < -0.39 is 0 Å². The van der Waals surface area contributed by atoms with Gasteiger partial charge in [-0.25, -0.2) is 9.78 Å². The van der Waals surface area contributed by atoms with Crippen LogP contribution in [0.25, 0.3) is 5.65 Å². The first-order chi connectivity index (χ1) is 9.74. The summed E-state index contributed by atoms with van der Waals surface area (Å²) in [4.78, 5) is 20.3. The Hall–Kier alpha value is -1.44. The summed E-state index contributed by atoms with van der Waals surface area (Å²) >= 11 is 1.45. The van der Waals surface area contributed by atoms with Crippen LogP contribution in [0.1, 0.15) is 12.0 Å². The number of hydrogen-bond donors (Lipinski definition) is 0. The van der Waals surface area contributed by atoms with Crippen LogP contribution in [0.2, 0.25) is 0 Å². The Bertz CT molecular complexity index is 667. The number of nitrogens with zero attached hydrogens (tertiary/aromatic N) is 3. The van der Waals surface area contributed by atoms with Crippen LogP contribution in [0.3, 0.4) is 0 Å². The minimum atomic E-state index is -0.297. The Morgan fingerprint density at radius 1 is 1.40 bits per heavy atom. The van der Waals surface area contributed by atoms with Crippen LogP contribution < -0.4 is 5.69 Å². The molecule has 0 bridgehead atoms. The van der Waals surface area contributed by atoms with E-state index in [0.29, 0.717) is 24.0 Å². The Morgan fingerprint density at radius 2 is 2.20 bits per heavy atom. The second kappa shape index (κ2) is 5.90. The Kier molecular flexibility index (Phi) is 4.00. The molecule has 0 unspecified atom stereocenters. The minimum absolute atomic E-state index is 0.134. The normalized spacial score (nSPS) is 16.1. The summed E-state index contributed by atoms with van der Waals surface area (Å²) in [5, 5.41) is 0.502. The molecule has 6 nitrogen and oxygen atoms in total. The van der Waals surface area contributed by atoms with E-state index in [1.807, 2.05) is 19.1 Å². The molecule has 0 saturated carbocycles. The SMILES string of the molecule is Cc1cccn2c(=O)nc(SCCC3OCCO3)nc12. The van der Waals surface area contributed by atoms with Crippen LogP contribution in [0, 0.1) is 6.92 Å². The highest BCUT2D eigenvalue weighted by Gasteiger charge is 2.16. The number of aromatic nitrogens is 3. The summed E-state index contributed by atoms with van der Waals surface area (Å²) < 4.78 is 12.2. The summed E-state index contributed by atoms with van der Waals surface area (Å²) in [6.07, 6.45) is 2.31. The van der Waals surface area contributed by atoms with E-state index in [1.54, 1.807) is 6.20 Å². The van der Waals surface area contributed by atoms with Gasteiger partial charge in [0, 0.05) is 18.4 Å². The predicted octanol–water partition coefficient (Wildman–Crippen LogP) is 1.25. The van der Waals surface area contributed by atoms with E-state index in [4.69, 9.17) is 9.47 Å². The van der Waals surface area contributed by atoms with Gasteiger partial charge in [0.15, 0.2) is 11.4 Å². The van der Waals surface area contributed by atoms with Gasteiger partial charge in [0.25, 0.3) is 0 Å². The summed E-state index contributed by atoms with van der Waals surface area (Å²) in [6.45, 7) is 3.24. The zero-order valence-electron chi connectivity index (χ0n) is 11.1. The molecule has 3 rings (SSSR count). The topological polar surface area (TPSA) is 65.7 Å². The van der Waals surface area contributed by atoms with E-state index in [-0.39, 0.29) is 12.0 Å². The van der Waals surface area contributed by atoms with Crippen molar-refractivity contribution >= 4 is 17.4 Å². The van der Waals surface area contributed by atoms with Gasteiger partial charge < -0.3 is 9.47 Å². The highest BCUT2D eigenvalue weighted by molar-refractivity contribution is 7.99. The maximum Gasteiger partial charge on any atom is 0.355 e. The van der Waals surface area contributed by atoms with Crippen LogP contribution in [0.5, 0.6) is 0 Å². The van der Waals surface area contributed by atoms with E-state index >= 15 is 0 Å². The average Bonchev–Trinajstić information content (AvgIpc) is 2.93. The minimum Gasteiger partial charge on any atom is -0.350 e. The molecule has 0 atom stereocenters. The van der Waals surface area contributed by atoms with Crippen LogP contribution in [-0.4, -0.2) is 39.6 Å².